The summed E-state index contributed by atoms with van der Waals surface area (Å²) >= 11 is 0. The van der Waals surface area contributed by atoms with E-state index in [2.05, 4.69) is 0 Å². The van der Waals surface area contributed by atoms with Gasteiger partial charge < -0.3 is 24.0 Å². The molecular weight excluding hydrogens is 312 g/mol. The zero-order valence-electron chi connectivity index (χ0n) is 14.6. The Bertz CT molecular complexity index is 617. The first kappa shape index (κ1) is 17.9. The van der Waals surface area contributed by atoms with E-state index < -0.39 is 0 Å². The lowest BCUT2D eigenvalue weighted by Crippen LogP contribution is -2.37. The van der Waals surface area contributed by atoms with Crippen LogP contribution < -0.4 is 9.47 Å². The van der Waals surface area contributed by atoms with E-state index in [0.29, 0.717) is 49.7 Å². The SMILES string of the molecule is COC(=O)N1CCCN(C(=O)c2ccc(OC)c(C)c2OC)CC1. The van der Waals surface area contributed by atoms with Crippen LogP contribution in [-0.4, -0.2) is 69.3 Å². The molecule has 7 nitrogen and oxygen atoms in total. The smallest absolute Gasteiger partial charge is 0.409 e. The van der Waals surface area contributed by atoms with Crippen molar-refractivity contribution in [2.45, 2.75) is 13.3 Å². The Morgan fingerprint density at radius 2 is 1.62 bits per heavy atom. The number of rotatable bonds is 3. The Balaban J connectivity index is 2.20. The highest BCUT2D eigenvalue weighted by molar-refractivity contribution is 5.97. The van der Waals surface area contributed by atoms with Gasteiger partial charge in [-0.2, -0.15) is 0 Å². The van der Waals surface area contributed by atoms with Crippen molar-refractivity contribution in [1.29, 1.82) is 0 Å². The fraction of sp³-hybridized carbons (Fsp3) is 0.529. The third kappa shape index (κ3) is 3.55. The van der Waals surface area contributed by atoms with E-state index in [1.54, 1.807) is 36.2 Å². The van der Waals surface area contributed by atoms with Crippen LogP contribution >= 0.6 is 0 Å². The molecule has 132 valence electrons. The standard InChI is InChI=1S/C17H24N2O5/c1-12-14(22-2)7-6-13(15(12)23-3)16(20)18-8-5-9-19(11-10-18)17(21)24-4/h6-7H,5,8-11H2,1-4H3. The highest BCUT2D eigenvalue weighted by Crippen LogP contribution is 2.32. The van der Waals surface area contributed by atoms with Crippen LogP contribution in [0.3, 0.4) is 0 Å². The lowest BCUT2D eigenvalue weighted by atomic mass is 10.1. The molecule has 0 bridgehead atoms. The van der Waals surface area contributed by atoms with E-state index >= 15 is 0 Å². The Morgan fingerprint density at radius 1 is 0.958 bits per heavy atom. The summed E-state index contributed by atoms with van der Waals surface area (Å²) in [6.45, 7) is 3.93. The summed E-state index contributed by atoms with van der Waals surface area (Å²) < 4.78 is 15.5. The van der Waals surface area contributed by atoms with Gasteiger partial charge in [-0.15, -0.1) is 0 Å². The van der Waals surface area contributed by atoms with Crippen molar-refractivity contribution in [3.8, 4) is 11.5 Å². The number of benzene rings is 1. The molecule has 1 fully saturated rings. The van der Waals surface area contributed by atoms with Crippen molar-refractivity contribution in [3.05, 3.63) is 23.3 Å². The first-order valence-corrected chi connectivity index (χ1v) is 7.87. The summed E-state index contributed by atoms with van der Waals surface area (Å²) in [5.74, 6) is 1.09. The Labute approximate surface area is 142 Å². The lowest BCUT2D eigenvalue weighted by molar-refractivity contribution is 0.0753. The Hall–Kier alpha value is -2.44. The maximum absolute atomic E-state index is 12.9. The van der Waals surface area contributed by atoms with Crippen LogP contribution in [-0.2, 0) is 4.74 Å². The summed E-state index contributed by atoms with van der Waals surface area (Å²) in [6.07, 6.45) is 0.348. The molecule has 1 saturated heterocycles. The topological polar surface area (TPSA) is 68.3 Å². The first-order chi connectivity index (χ1) is 11.5. The molecule has 2 rings (SSSR count). The number of carbonyl (C=O) groups is 2. The third-order valence-corrected chi connectivity index (χ3v) is 4.23. The minimum atomic E-state index is -0.359. The van der Waals surface area contributed by atoms with Crippen molar-refractivity contribution < 1.29 is 23.8 Å². The van der Waals surface area contributed by atoms with Crippen molar-refractivity contribution >= 4 is 12.0 Å². The Morgan fingerprint density at radius 3 is 2.25 bits per heavy atom. The molecule has 1 aromatic carbocycles. The molecule has 0 atom stereocenters. The van der Waals surface area contributed by atoms with Gasteiger partial charge in [0.15, 0.2) is 0 Å². The molecule has 0 N–H and O–H groups in total. The van der Waals surface area contributed by atoms with Gasteiger partial charge in [0, 0.05) is 31.7 Å². The number of hydrogen-bond acceptors (Lipinski definition) is 5. The van der Waals surface area contributed by atoms with Crippen molar-refractivity contribution in [3.63, 3.8) is 0 Å². The molecule has 0 aromatic heterocycles. The second-order valence-electron chi connectivity index (χ2n) is 5.58. The molecule has 0 radical (unpaired) electrons. The predicted molar refractivity (Wildman–Crippen MR) is 88.8 cm³/mol. The highest BCUT2D eigenvalue weighted by Gasteiger charge is 2.26. The number of nitrogens with zero attached hydrogens (tertiary/aromatic N) is 2. The van der Waals surface area contributed by atoms with E-state index in [0.717, 1.165) is 5.56 Å². The summed E-state index contributed by atoms with van der Waals surface area (Å²) in [5, 5.41) is 0. The van der Waals surface area contributed by atoms with Crippen LogP contribution in [0.15, 0.2) is 12.1 Å². The number of hydrogen-bond donors (Lipinski definition) is 0. The maximum Gasteiger partial charge on any atom is 0.409 e. The number of carbonyl (C=O) groups excluding carboxylic acids is 2. The molecule has 0 spiro atoms. The molecule has 2 amide bonds. The van der Waals surface area contributed by atoms with Gasteiger partial charge in [-0.3, -0.25) is 4.79 Å². The fourth-order valence-electron chi connectivity index (χ4n) is 2.93. The molecule has 1 aromatic rings. The second-order valence-corrected chi connectivity index (χ2v) is 5.58. The van der Waals surface area contributed by atoms with Crippen molar-refractivity contribution in [1.82, 2.24) is 9.80 Å². The summed E-state index contributed by atoms with van der Waals surface area (Å²) in [5.41, 5.74) is 1.29. The van der Waals surface area contributed by atoms with Gasteiger partial charge >= 0.3 is 6.09 Å². The van der Waals surface area contributed by atoms with Crippen LogP contribution in [0.25, 0.3) is 0 Å². The van der Waals surface area contributed by atoms with E-state index in [1.807, 2.05) is 6.92 Å². The highest BCUT2D eigenvalue weighted by atomic mass is 16.5. The first-order valence-electron chi connectivity index (χ1n) is 7.87. The molecule has 24 heavy (non-hydrogen) atoms. The predicted octanol–water partition coefficient (Wildman–Crippen LogP) is 1.93. The molecule has 7 heteroatoms. The largest absolute Gasteiger partial charge is 0.496 e. The number of amides is 2. The zero-order valence-corrected chi connectivity index (χ0v) is 14.6. The molecule has 1 aliphatic heterocycles. The monoisotopic (exact) mass is 336 g/mol. The molecular formula is C17H24N2O5. The zero-order chi connectivity index (χ0) is 17.7. The quantitative estimate of drug-likeness (QED) is 0.844. The van der Waals surface area contributed by atoms with E-state index in [9.17, 15) is 9.59 Å². The molecule has 0 unspecified atom stereocenters. The average Bonchev–Trinajstić information content (AvgIpc) is 2.86. The van der Waals surface area contributed by atoms with Crippen LogP contribution in [0.4, 0.5) is 4.79 Å². The normalized spacial score (nSPS) is 14.8. The van der Waals surface area contributed by atoms with Gasteiger partial charge in [0.2, 0.25) is 0 Å². The van der Waals surface area contributed by atoms with Crippen LogP contribution in [0.2, 0.25) is 0 Å². The average molecular weight is 336 g/mol. The fourth-order valence-corrected chi connectivity index (χ4v) is 2.93. The van der Waals surface area contributed by atoms with Gasteiger partial charge in [-0.05, 0) is 25.5 Å². The van der Waals surface area contributed by atoms with Crippen LogP contribution in [0.5, 0.6) is 11.5 Å². The van der Waals surface area contributed by atoms with Crippen LogP contribution in [0.1, 0.15) is 22.3 Å². The minimum absolute atomic E-state index is 0.107. The van der Waals surface area contributed by atoms with Crippen molar-refractivity contribution in [2.75, 3.05) is 47.5 Å². The van der Waals surface area contributed by atoms with Crippen LogP contribution in [0, 0.1) is 6.92 Å². The number of methoxy groups -OCH3 is 3. The summed E-state index contributed by atoms with van der Waals surface area (Å²) in [6, 6.07) is 3.49. The second kappa shape index (κ2) is 7.90. The minimum Gasteiger partial charge on any atom is -0.496 e. The van der Waals surface area contributed by atoms with E-state index in [4.69, 9.17) is 14.2 Å². The maximum atomic E-state index is 12.9. The van der Waals surface area contributed by atoms with Gasteiger partial charge in [0.1, 0.15) is 11.5 Å². The molecule has 0 saturated carbocycles. The van der Waals surface area contributed by atoms with Crippen molar-refractivity contribution in [2.24, 2.45) is 0 Å². The van der Waals surface area contributed by atoms with E-state index in [-0.39, 0.29) is 12.0 Å². The van der Waals surface area contributed by atoms with Gasteiger partial charge in [0.25, 0.3) is 5.91 Å². The third-order valence-electron chi connectivity index (χ3n) is 4.23. The molecule has 0 aliphatic carbocycles. The van der Waals surface area contributed by atoms with Gasteiger partial charge in [0.05, 0.1) is 26.9 Å². The molecule has 1 aliphatic rings. The summed E-state index contributed by atoms with van der Waals surface area (Å²) in [4.78, 5) is 27.9. The summed E-state index contributed by atoms with van der Waals surface area (Å²) in [7, 11) is 4.49. The van der Waals surface area contributed by atoms with Gasteiger partial charge in [-0.1, -0.05) is 0 Å². The Kier molecular flexibility index (Phi) is 5.89. The van der Waals surface area contributed by atoms with E-state index in [1.165, 1.54) is 7.11 Å². The number of ether oxygens (including phenoxy) is 3. The van der Waals surface area contributed by atoms with Gasteiger partial charge in [-0.25, -0.2) is 4.79 Å². The molecule has 1 heterocycles. The lowest BCUT2D eigenvalue weighted by Gasteiger charge is -2.23.